The van der Waals surface area contributed by atoms with Crippen LogP contribution in [0.4, 0.5) is 11.4 Å². The highest BCUT2D eigenvalue weighted by Gasteiger charge is 2.49. The van der Waals surface area contributed by atoms with Crippen LogP contribution < -0.4 is 0 Å². The smallest absolute Gasteiger partial charge is 0.195 e. The summed E-state index contributed by atoms with van der Waals surface area (Å²) < 4.78 is 36.6. The van der Waals surface area contributed by atoms with Crippen LogP contribution in [0.15, 0.2) is 64.0 Å². The maximum absolute atomic E-state index is 12.8. The standard InChI is InChI=1S/C29H29ClN4O5S/c1-40(36,34-11-2-12-34)33-20-9-7-18(8-10-20)17-3-5-19(6-4-17)27-21(30)13-22-23(32-27)14-26(31-22)39-25-16-38-28-24(35)15-37-29(25)28/h3-10,13,24-25,28-29,35H,2,11-12,14-16H2,1H3/t24-,25-,28-,29-,40?/m1/s1. The number of aliphatic imine (C=N–C) groups is 1. The molecule has 0 spiro atoms. The molecular weight excluding hydrogens is 552 g/mol. The Morgan fingerprint density at radius 3 is 2.40 bits per heavy atom. The van der Waals surface area contributed by atoms with Gasteiger partial charge in [-0.15, -0.1) is 0 Å². The van der Waals surface area contributed by atoms with E-state index in [4.69, 9.17) is 30.8 Å². The molecule has 0 aliphatic carbocycles. The molecule has 208 valence electrons. The van der Waals surface area contributed by atoms with Crippen LogP contribution in [0.5, 0.6) is 0 Å². The van der Waals surface area contributed by atoms with Gasteiger partial charge in [0.1, 0.15) is 28.2 Å². The van der Waals surface area contributed by atoms with Gasteiger partial charge in [0.15, 0.2) is 12.0 Å². The van der Waals surface area contributed by atoms with Gasteiger partial charge in [0.2, 0.25) is 0 Å². The topological polar surface area (TPSA) is 106 Å². The first-order valence-electron chi connectivity index (χ1n) is 13.4. The van der Waals surface area contributed by atoms with Crippen molar-refractivity contribution in [3.05, 3.63) is 65.3 Å². The van der Waals surface area contributed by atoms with Crippen molar-refractivity contribution >= 4 is 38.8 Å². The fraction of sp³-hybridized carbons (Fsp3) is 0.379. The number of fused-ring (bicyclic) bond motifs is 2. The fourth-order valence-corrected chi connectivity index (χ4v) is 7.28. The molecule has 1 aromatic heterocycles. The summed E-state index contributed by atoms with van der Waals surface area (Å²) >= 11 is 6.64. The third-order valence-electron chi connectivity index (χ3n) is 7.79. The monoisotopic (exact) mass is 580 g/mol. The Bertz CT molecular complexity index is 1600. The highest BCUT2D eigenvalue weighted by atomic mass is 35.5. The average molecular weight is 581 g/mol. The Labute approximate surface area is 238 Å². The van der Waals surface area contributed by atoms with E-state index in [0.29, 0.717) is 41.0 Å². The molecule has 0 saturated carbocycles. The molecule has 0 amide bonds. The largest absolute Gasteiger partial charge is 0.472 e. The molecule has 1 N–H and O–H groups in total. The van der Waals surface area contributed by atoms with Gasteiger partial charge in [-0.3, -0.25) is 0 Å². The lowest BCUT2D eigenvalue weighted by atomic mass is 10.0. The molecule has 1 unspecified atom stereocenters. The van der Waals surface area contributed by atoms with Crippen molar-refractivity contribution in [1.29, 1.82) is 0 Å². The zero-order chi connectivity index (χ0) is 27.4. The van der Waals surface area contributed by atoms with Crippen LogP contribution in [-0.2, 0) is 30.5 Å². The molecule has 3 fully saturated rings. The van der Waals surface area contributed by atoms with Crippen LogP contribution in [0.2, 0.25) is 5.02 Å². The molecule has 2 aromatic carbocycles. The molecule has 5 atom stereocenters. The first-order chi connectivity index (χ1) is 19.3. The zero-order valence-corrected chi connectivity index (χ0v) is 23.5. The van der Waals surface area contributed by atoms with E-state index in [-0.39, 0.29) is 24.9 Å². The van der Waals surface area contributed by atoms with Crippen LogP contribution in [-0.4, -0.2) is 81.5 Å². The van der Waals surface area contributed by atoms with Crippen molar-refractivity contribution in [2.24, 2.45) is 9.36 Å². The summed E-state index contributed by atoms with van der Waals surface area (Å²) in [7, 11) is -2.36. The SMILES string of the molecule is CS(=O)(=Nc1ccc(-c2ccc(-c3nc4c(cc3Cl)N=C(O[C@@H]3CO[C@H]5[C@@H]3OC[C@H]5O)C4)cc2)cc1)N1CCC1. The summed E-state index contributed by atoms with van der Waals surface area (Å²) in [6.07, 6.45) is 1.64. The van der Waals surface area contributed by atoms with Gasteiger partial charge < -0.3 is 19.3 Å². The number of ether oxygens (including phenoxy) is 3. The Hall–Kier alpha value is -2.86. The molecular formula is C29H29ClN4O5S. The second-order valence-corrected chi connectivity index (χ2v) is 13.2. The lowest BCUT2D eigenvalue weighted by Gasteiger charge is -2.31. The van der Waals surface area contributed by atoms with Gasteiger partial charge in [-0.2, -0.15) is 4.36 Å². The quantitative estimate of drug-likeness (QED) is 0.475. The van der Waals surface area contributed by atoms with Crippen molar-refractivity contribution in [1.82, 2.24) is 9.29 Å². The second-order valence-electron chi connectivity index (χ2n) is 10.5. The van der Waals surface area contributed by atoms with Gasteiger partial charge in [-0.05, 0) is 35.7 Å². The van der Waals surface area contributed by atoms with E-state index in [2.05, 4.69) is 9.36 Å². The van der Waals surface area contributed by atoms with Gasteiger partial charge in [-0.25, -0.2) is 18.5 Å². The molecule has 40 heavy (non-hydrogen) atoms. The summed E-state index contributed by atoms with van der Waals surface area (Å²) in [5, 5.41) is 10.5. The van der Waals surface area contributed by atoms with Crippen molar-refractivity contribution in [2.45, 2.75) is 37.3 Å². The van der Waals surface area contributed by atoms with Crippen LogP contribution in [0.3, 0.4) is 0 Å². The number of aliphatic hydroxyl groups excluding tert-OH is 1. The first kappa shape index (κ1) is 26.1. The third-order valence-corrected chi connectivity index (χ3v) is 9.95. The van der Waals surface area contributed by atoms with E-state index >= 15 is 0 Å². The minimum atomic E-state index is -2.36. The molecule has 3 aromatic rings. The Kier molecular flexibility index (Phi) is 6.65. The van der Waals surface area contributed by atoms with E-state index in [1.54, 1.807) is 6.26 Å². The number of hydrogen-bond acceptors (Lipinski definition) is 8. The van der Waals surface area contributed by atoms with Crippen LogP contribution in [0, 0.1) is 0 Å². The first-order valence-corrected chi connectivity index (χ1v) is 15.6. The van der Waals surface area contributed by atoms with Gasteiger partial charge in [-0.1, -0.05) is 48.0 Å². The Morgan fingerprint density at radius 1 is 1.02 bits per heavy atom. The number of hydrogen-bond donors (Lipinski definition) is 1. The van der Waals surface area contributed by atoms with E-state index in [9.17, 15) is 9.32 Å². The second kappa shape index (κ2) is 10.2. The minimum absolute atomic E-state index is 0.253. The van der Waals surface area contributed by atoms with Crippen LogP contribution >= 0.6 is 11.6 Å². The van der Waals surface area contributed by atoms with E-state index < -0.39 is 16.0 Å². The van der Waals surface area contributed by atoms with Crippen molar-refractivity contribution in [3.63, 3.8) is 0 Å². The number of halogens is 1. The summed E-state index contributed by atoms with van der Waals surface area (Å²) in [5.41, 5.74) is 5.88. The predicted octanol–water partition coefficient (Wildman–Crippen LogP) is 4.55. The Balaban J connectivity index is 1.04. The van der Waals surface area contributed by atoms with E-state index in [1.807, 2.05) is 58.9 Å². The predicted molar refractivity (Wildman–Crippen MR) is 154 cm³/mol. The highest BCUT2D eigenvalue weighted by Crippen LogP contribution is 2.37. The summed E-state index contributed by atoms with van der Waals surface area (Å²) in [5.74, 6) is 0.546. The van der Waals surface area contributed by atoms with Crippen molar-refractivity contribution in [3.8, 4) is 22.4 Å². The van der Waals surface area contributed by atoms with Crippen molar-refractivity contribution < 1.29 is 23.5 Å². The number of benzene rings is 2. The molecule has 7 rings (SSSR count). The number of rotatable bonds is 5. The maximum Gasteiger partial charge on any atom is 0.195 e. The van der Waals surface area contributed by atoms with E-state index in [1.165, 1.54) is 0 Å². The van der Waals surface area contributed by atoms with Crippen LogP contribution in [0.25, 0.3) is 22.4 Å². The highest BCUT2D eigenvalue weighted by molar-refractivity contribution is 7.90. The molecule has 4 aliphatic heterocycles. The average Bonchev–Trinajstić information content (AvgIpc) is 3.59. The molecule has 11 heteroatoms. The minimum Gasteiger partial charge on any atom is -0.472 e. The molecule has 3 saturated heterocycles. The Morgan fingerprint density at radius 2 is 1.70 bits per heavy atom. The molecule has 0 bridgehead atoms. The molecule has 9 nitrogen and oxygen atoms in total. The van der Waals surface area contributed by atoms with Gasteiger partial charge in [0, 0.05) is 24.9 Å². The normalized spacial score (nSPS) is 26.9. The maximum atomic E-state index is 12.8. The number of aromatic nitrogens is 1. The lowest BCUT2D eigenvalue weighted by molar-refractivity contribution is 0.00558. The molecule has 4 aliphatic rings. The summed E-state index contributed by atoms with van der Waals surface area (Å²) in [4.78, 5) is 9.42. The molecule has 0 radical (unpaired) electrons. The van der Waals surface area contributed by atoms with Crippen LogP contribution in [0.1, 0.15) is 12.1 Å². The van der Waals surface area contributed by atoms with Crippen molar-refractivity contribution in [2.75, 3.05) is 32.6 Å². The zero-order valence-electron chi connectivity index (χ0n) is 21.9. The lowest BCUT2D eigenvalue weighted by Crippen LogP contribution is -2.40. The number of aliphatic hydroxyl groups is 1. The number of nitrogens with zero attached hydrogens (tertiary/aromatic N) is 4. The fourth-order valence-electron chi connectivity index (χ4n) is 5.47. The molecule has 5 heterocycles. The summed E-state index contributed by atoms with van der Waals surface area (Å²) in [6, 6.07) is 17.7. The summed E-state index contributed by atoms with van der Waals surface area (Å²) in [6.45, 7) is 2.28. The van der Waals surface area contributed by atoms with Gasteiger partial charge >= 0.3 is 0 Å². The third kappa shape index (κ3) is 4.82. The van der Waals surface area contributed by atoms with Gasteiger partial charge in [0.05, 0.1) is 47.4 Å². The van der Waals surface area contributed by atoms with Gasteiger partial charge in [0.25, 0.3) is 0 Å². The number of pyridine rings is 1. The van der Waals surface area contributed by atoms with E-state index in [0.717, 1.165) is 41.9 Å².